The summed E-state index contributed by atoms with van der Waals surface area (Å²) in [5, 5.41) is 3.45. The Kier molecular flexibility index (Phi) is 6.13. The summed E-state index contributed by atoms with van der Waals surface area (Å²) in [7, 11) is 1.35. The number of hydrogen-bond acceptors (Lipinski definition) is 5. The Labute approximate surface area is 162 Å². The summed E-state index contributed by atoms with van der Waals surface area (Å²) in [6.45, 7) is 2.77. The number of nitrogens with zero attached hydrogens (tertiary/aromatic N) is 3. The van der Waals surface area contributed by atoms with Gasteiger partial charge in [-0.15, -0.1) is 0 Å². The summed E-state index contributed by atoms with van der Waals surface area (Å²) in [4.78, 5) is 32.1. The van der Waals surface area contributed by atoms with E-state index in [-0.39, 0.29) is 6.03 Å². The molecule has 1 aromatic carbocycles. The highest BCUT2D eigenvalue weighted by atomic mass is 35.5. The molecule has 0 bridgehead atoms. The van der Waals surface area contributed by atoms with Crippen LogP contribution < -0.4 is 10.2 Å². The quantitative estimate of drug-likeness (QED) is 0.815. The average Bonchev–Trinajstić information content (AvgIpc) is 2.72. The number of benzene rings is 1. The molecule has 1 N–H and O–H groups in total. The summed E-state index contributed by atoms with van der Waals surface area (Å²) in [6, 6.07) is 10.5. The van der Waals surface area contributed by atoms with E-state index in [0.717, 1.165) is 11.4 Å². The average molecular weight is 389 g/mol. The van der Waals surface area contributed by atoms with Crippen LogP contribution in [-0.4, -0.2) is 55.2 Å². The number of pyridine rings is 1. The lowest BCUT2D eigenvalue weighted by Crippen LogP contribution is -2.51. The van der Waals surface area contributed by atoms with Crippen LogP contribution >= 0.6 is 11.6 Å². The van der Waals surface area contributed by atoms with Crippen molar-refractivity contribution in [1.29, 1.82) is 0 Å². The first kappa shape index (κ1) is 19.0. The van der Waals surface area contributed by atoms with E-state index in [1.54, 1.807) is 29.3 Å². The lowest BCUT2D eigenvalue weighted by atomic mass is 10.1. The van der Waals surface area contributed by atoms with Crippen molar-refractivity contribution in [2.24, 2.45) is 0 Å². The fraction of sp³-hybridized carbons (Fsp3) is 0.316. The fourth-order valence-electron chi connectivity index (χ4n) is 2.93. The monoisotopic (exact) mass is 388 g/mol. The molecule has 0 atom stereocenters. The number of rotatable bonds is 4. The van der Waals surface area contributed by atoms with Crippen molar-refractivity contribution in [2.45, 2.75) is 6.54 Å². The van der Waals surface area contributed by atoms with Crippen molar-refractivity contribution in [2.75, 3.05) is 38.2 Å². The molecule has 0 saturated carbocycles. The Bertz CT molecular complexity index is 808. The number of piperazine rings is 1. The maximum absolute atomic E-state index is 12.3. The molecular weight excluding hydrogens is 368 g/mol. The second-order valence-corrected chi connectivity index (χ2v) is 6.52. The normalized spacial score (nSPS) is 14.0. The molecule has 0 aliphatic carbocycles. The van der Waals surface area contributed by atoms with Gasteiger partial charge in [0.15, 0.2) is 0 Å². The van der Waals surface area contributed by atoms with Crippen molar-refractivity contribution >= 4 is 29.3 Å². The van der Waals surface area contributed by atoms with Gasteiger partial charge < -0.3 is 19.9 Å². The molecular formula is C19H21ClN4O3. The third kappa shape index (κ3) is 4.68. The largest absolute Gasteiger partial charge is 0.465 e. The highest BCUT2D eigenvalue weighted by Crippen LogP contribution is 2.28. The molecule has 1 fully saturated rings. The van der Waals surface area contributed by atoms with Gasteiger partial charge in [-0.3, -0.25) is 4.98 Å². The van der Waals surface area contributed by atoms with Gasteiger partial charge in [-0.05, 0) is 30.3 Å². The number of carbonyl (C=O) groups is 2. The molecule has 0 unspecified atom stereocenters. The topological polar surface area (TPSA) is 74.8 Å². The first-order chi connectivity index (χ1) is 13.1. The number of methoxy groups -OCH3 is 1. The van der Waals surface area contributed by atoms with E-state index in [0.29, 0.717) is 43.3 Å². The molecule has 1 aromatic heterocycles. The van der Waals surface area contributed by atoms with Crippen LogP contribution in [0, 0.1) is 0 Å². The highest BCUT2D eigenvalue weighted by molar-refractivity contribution is 6.33. The lowest BCUT2D eigenvalue weighted by Gasteiger charge is -2.36. The van der Waals surface area contributed by atoms with Crippen LogP contribution in [0.1, 0.15) is 16.1 Å². The Hall–Kier alpha value is -2.80. The number of aromatic nitrogens is 1. The SMILES string of the molecule is COC(=O)c1ccc(Cl)c(N2CCN(C(=O)NCc3ccccn3)CC2)c1. The van der Waals surface area contributed by atoms with E-state index in [1.165, 1.54) is 7.11 Å². The molecule has 142 valence electrons. The van der Waals surface area contributed by atoms with Crippen LogP contribution in [-0.2, 0) is 11.3 Å². The molecule has 7 nitrogen and oxygen atoms in total. The van der Waals surface area contributed by atoms with Crippen molar-refractivity contribution in [3.05, 3.63) is 58.9 Å². The molecule has 2 amide bonds. The summed E-state index contributed by atoms with van der Waals surface area (Å²) < 4.78 is 4.76. The molecule has 0 radical (unpaired) electrons. The van der Waals surface area contributed by atoms with Crippen LogP contribution in [0.15, 0.2) is 42.6 Å². The van der Waals surface area contributed by atoms with E-state index in [4.69, 9.17) is 16.3 Å². The Morgan fingerprint density at radius 1 is 1.19 bits per heavy atom. The van der Waals surface area contributed by atoms with Crippen molar-refractivity contribution in [3.8, 4) is 0 Å². The fourth-order valence-corrected chi connectivity index (χ4v) is 3.17. The van der Waals surface area contributed by atoms with Crippen molar-refractivity contribution in [3.63, 3.8) is 0 Å². The maximum Gasteiger partial charge on any atom is 0.337 e. The van der Waals surface area contributed by atoms with Crippen LogP contribution in [0.3, 0.4) is 0 Å². The van der Waals surface area contributed by atoms with E-state index >= 15 is 0 Å². The number of halogens is 1. The third-order valence-electron chi connectivity index (χ3n) is 4.42. The minimum Gasteiger partial charge on any atom is -0.465 e. The van der Waals surface area contributed by atoms with Crippen LogP contribution in [0.4, 0.5) is 10.5 Å². The van der Waals surface area contributed by atoms with Gasteiger partial charge in [0.1, 0.15) is 0 Å². The number of carbonyl (C=O) groups excluding carboxylic acids is 2. The van der Waals surface area contributed by atoms with Crippen LogP contribution in [0.5, 0.6) is 0 Å². The minimum absolute atomic E-state index is 0.116. The zero-order valence-corrected chi connectivity index (χ0v) is 15.8. The molecule has 0 spiro atoms. The van der Waals surface area contributed by atoms with Crippen molar-refractivity contribution < 1.29 is 14.3 Å². The van der Waals surface area contributed by atoms with Gasteiger partial charge >= 0.3 is 12.0 Å². The van der Waals surface area contributed by atoms with Crippen LogP contribution in [0.2, 0.25) is 5.02 Å². The summed E-state index contributed by atoms with van der Waals surface area (Å²) in [5.74, 6) is -0.402. The Morgan fingerprint density at radius 3 is 2.63 bits per heavy atom. The van der Waals surface area contributed by atoms with Gasteiger partial charge in [-0.1, -0.05) is 17.7 Å². The second kappa shape index (κ2) is 8.73. The van der Waals surface area contributed by atoms with Gasteiger partial charge in [0, 0.05) is 32.4 Å². The zero-order chi connectivity index (χ0) is 19.2. The minimum atomic E-state index is -0.402. The zero-order valence-electron chi connectivity index (χ0n) is 15.0. The second-order valence-electron chi connectivity index (χ2n) is 6.11. The van der Waals surface area contributed by atoms with Crippen LogP contribution in [0.25, 0.3) is 0 Å². The lowest BCUT2D eigenvalue weighted by molar-refractivity contribution is 0.0600. The predicted octanol–water partition coefficient (Wildman–Crippen LogP) is 2.55. The van der Waals surface area contributed by atoms with E-state index in [1.807, 2.05) is 18.2 Å². The molecule has 3 rings (SSSR count). The number of urea groups is 1. The molecule has 1 saturated heterocycles. The number of anilines is 1. The van der Waals surface area contributed by atoms with Crippen molar-refractivity contribution in [1.82, 2.24) is 15.2 Å². The number of amides is 2. The molecule has 1 aliphatic rings. The van der Waals surface area contributed by atoms with E-state index in [2.05, 4.69) is 15.2 Å². The van der Waals surface area contributed by atoms with Gasteiger partial charge in [-0.2, -0.15) is 0 Å². The van der Waals surface area contributed by atoms with Gasteiger partial charge in [0.05, 0.1) is 35.6 Å². The van der Waals surface area contributed by atoms with E-state index in [9.17, 15) is 9.59 Å². The number of nitrogens with one attached hydrogen (secondary N) is 1. The maximum atomic E-state index is 12.3. The first-order valence-corrected chi connectivity index (χ1v) is 9.02. The Morgan fingerprint density at radius 2 is 1.96 bits per heavy atom. The molecule has 27 heavy (non-hydrogen) atoms. The molecule has 2 aromatic rings. The Balaban J connectivity index is 1.57. The first-order valence-electron chi connectivity index (χ1n) is 8.64. The smallest absolute Gasteiger partial charge is 0.337 e. The molecule has 8 heteroatoms. The van der Waals surface area contributed by atoms with Gasteiger partial charge in [-0.25, -0.2) is 9.59 Å². The molecule has 1 aliphatic heterocycles. The summed E-state index contributed by atoms with van der Waals surface area (Å²) >= 11 is 6.30. The molecule has 2 heterocycles. The highest BCUT2D eigenvalue weighted by Gasteiger charge is 2.23. The number of esters is 1. The summed E-state index contributed by atoms with van der Waals surface area (Å²) in [5.41, 5.74) is 2.04. The summed E-state index contributed by atoms with van der Waals surface area (Å²) in [6.07, 6.45) is 1.70. The third-order valence-corrected chi connectivity index (χ3v) is 4.74. The van der Waals surface area contributed by atoms with Gasteiger partial charge in [0.25, 0.3) is 0 Å². The standard InChI is InChI=1S/C19H21ClN4O3/c1-27-18(25)14-5-6-16(20)17(12-14)23-8-10-24(11-9-23)19(26)22-13-15-4-2-3-7-21-15/h2-7,12H,8-11,13H2,1H3,(H,22,26). The number of hydrogen-bond donors (Lipinski definition) is 1. The number of ether oxygens (including phenoxy) is 1. The van der Waals surface area contributed by atoms with Gasteiger partial charge in [0.2, 0.25) is 0 Å². The van der Waals surface area contributed by atoms with E-state index < -0.39 is 5.97 Å². The predicted molar refractivity (Wildman–Crippen MR) is 103 cm³/mol.